The molecule has 1 rings (SSSR count). The molecule has 1 fully saturated rings. The van der Waals surface area contributed by atoms with Gasteiger partial charge in [0.2, 0.25) is 11.8 Å². The Balaban J connectivity index is 2.45. The van der Waals surface area contributed by atoms with E-state index in [2.05, 4.69) is 5.32 Å². The lowest BCUT2D eigenvalue weighted by Crippen LogP contribution is -2.52. The summed E-state index contributed by atoms with van der Waals surface area (Å²) in [7, 11) is 0. The molecule has 1 heterocycles. The van der Waals surface area contributed by atoms with Crippen LogP contribution in [-0.4, -0.2) is 41.9 Å². The van der Waals surface area contributed by atoms with Crippen LogP contribution in [0, 0.1) is 5.92 Å². The van der Waals surface area contributed by atoms with Crippen LogP contribution in [0.15, 0.2) is 0 Å². The number of nitrogens with two attached hydrogens (primary N) is 1. The maximum atomic E-state index is 11.9. The normalized spacial score (nSPS) is 19.2. The standard InChI is InChI=1S/C12H23N3O2/c1-8(2)10(13)11(16)14-9(3)12(17)15-6-4-5-7-15/h8-10H,4-7,13H2,1-3H3,(H,14,16). The number of hydrogen-bond donors (Lipinski definition) is 2. The first-order valence-corrected chi connectivity index (χ1v) is 6.28. The van der Waals surface area contributed by atoms with Crippen molar-refractivity contribution in [3.63, 3.8) is 0 Å². The highest BCUT2D eigenvalue weighted by Gasteiger charge is 2.26. The van der Waals surface area contributed by atoms with Gasteiger partial charge >= 0.3 is 0 Å². The fourth-order valence-electron chi connectivity index (χ4n) is 1.89. The van der Waals surface area contributed by atoms with Crippen molar-refractivity contribution in [3.8, 4) is 0 Å². The first-order valence-electron chi connectivity index (χ1n) is 6.28. The minimum atomic E-state index is -0.552. The highest BCUT2D eigenvalue weighted by molar-refractivity contribution is 5.89. The summed E-state index contributed by atoms with van der Waals surface area (Å²) in [5.41, 5.74) is 5.72. The van der Waals surface area contributed by atoms with Crippen LogP contribution in [0.3, 0.4) is 0 Å². The summed E-state index contributed by atoms with van der Waals surface area (Å²) >= 11 is 0. The van der Waals surface area contributed by atoms with Gasteiger partial charge in [0.15, 0.2) is 0 Å². The number of likely N-dealkylation sites (tertiary alicyclic amines) is 1. The summed E-state index contributed by atoms with van der Waals surface area (Å²) in [6, 6.07) is -1.03. The van der Waals surface area contributed by atoms with Crippen LogP contribution in [0.2, 0.25) is 0 Å². The van der Waals surface area contributed by atoms with Crippen molar-refractivity contribution in [2.75, 3.05) is 13.1 Å². The van der Waals surface area contributed by atoms with Crippen LogP contribution in [0.25, 0.3) is 0 Å². The van der Waals surface area contributed by atoms with Gasteiger partial charge in [-0.1, -0.05) is 13.8 Å². The van der Waals surface area contributed by atoms with E-state index < -0.39 is 12.1 Å². The van der Waals surface area contributed by atoms with Crippen LogP contribution in [0.5, 0.6) is 0 Å². The van der Waals surface area contributed by atoms with Crippen molar-refractivity contribution < 1.29 is 9.59 Å². The van der Waals surface area contributed by atoms with E-state index in [1.165, 1.54) is 0 Å². The minimum Gasteiger partial charge on any atom is -0.343 e. The van der Waals surface area contributed by atoms with E-state index in [1.54, 1.807) is 11.8 Å². The smallest absolute Gasteiger partial charge is 0.244 e. The van der Waals surface area contributed by atoms with Crippen LogP contribution < -0.4 is 11.1 Å². The van der Waals surface area contributed by atoms with Gasteiger partial charge in [-0.15, -0.1) is 0 Å². The molecule has 0 aromatic carbocycles. The Morgan fingerprint density at radius 3 is 2.18 bits per heavy atom. The van der Waals surface area contributed by atoms with E-state index in [0.29, 0.717) is 0 Å². The third-order valence-corrected chi connectivity index (χ3v) is 3.17. The average Bonchev–Trinajstić information content (AvgIpc) is 2.79. The molecule has 1 aliphatic rings. The number of carbonyl (C=O) groups excluding carboxylic acids is 2. The molecule has 0 bridgehead atoms. The Morgan fingerprint density at radius 2 is 1.71 bits per heavy atom. The van der Waals surface area contributed by atoms with E-state index in [9.17, 15) is 9.59 Å². The lowest BCUT2D eigenvalue weighted by Gasteiger charge is -2.23. The highest BCUT2D eigenvalue weighted by atomic mass is 16.2. The molecule has 0 spiro atoms. The van der Waals surface area contributed by atoms with Crippen molar-refractivity contribution in [1.82, 2.24) is 10.2 Å². The SMILES string of the molecule is CC(NC(=O)C(N)C(C)C)C(=O)N1CCCC1. The number of rotatable bonds is 4. The Hall–Kier alpha value is -1.10. The Kier molecular flexibility index (Phi) is 4.93. The lowest BCUT2D eigenvalue weighted by molar-refractivity contribution is -0.135. The molecule has 0 saturated carbocycles. The molecule has 5 heteroatoms. The second kappa shape index (κ2) is 6.00. The number of nitrogens with zero attached hydrogens (tertiary/aromatic N) is 1. The molecular formula is C12H23N3O2. The molecule has 1 saturated heterocycles. The molecular weight excluding hydrogens is 218 g/mol. The topological polar surface area (TPSA) is 75.4 Å². The monoisotopic (exact) mass is 241 g/mol. The Labute approximate surface area is 103 Å². The summed E-state index contributed by atoms with van der Waals surface area (Å²) in [5, 5.41) is 2.68. The zero-order valence-corrected chi connectivity index (χ0v) is 10.9. The molecule has 98 valence electrons. The van der Waals surface area contributed by atoms with Gasteiger partial charge < -0.3 is 16.0 Å². The third kappa shape index (κ3) is 3.70. The summed E-state index contributed by atoms with van der Waals surface area (Å²) < 4.78 is 0. The molecule has 0 aliphatic carbocycles. The fraction of sp³-hybridized carbons (Fsp3) is 0.833. The summed E-state index contributed by atoms with van der Waals surface area (Å²) in [4.78, 5) is 25.4. The van der Waals surface area contributed by atoms with Crippen molar-refractivity contribution >= 4 is 11.8 Å². The zero-order valence-electron chi connectivity index (χ0n) is 10.9. The number of amides is 2. The maximum absolute atomic E-state index is 11.9. The number of hydrogen-bond acceptors (Lipinski definition) is 3. The molecule has 0 aromatic rings. The second-order valence-electron chi connectivity index (χ2n) is 5.03. The van der Waals surface area contributed by atoms with Gasteiger partial charge in [0.1, 0.15) is 6.04 Å². The molecule has 2 atom stereocenters. The van der Waals surface area contributed by atoms with Crippen molar-refractivity contribution in [2.45, 2.75) is 45.7 Å². The third-order valence-electron chi connectivity index (χ3n) is 3.17. The lowest BCUT2D eigenvalue weighted by atomic mass is 10.0. The van der Waals surface area contributed by atoms with Gasteiger partial charge in [-0.05, 0) is 25.7 Å². The largest absolute Gasteiger partial charge is 0.343 e. The first kappa shape index (κ1) is 14.0. The average molecular weight is 241 g/mol. The predicted octanol–water partition coefficient (Wildman–Crippen LogP) is 0.0968. The molecule has 2 unspecified atom stereocenters. The quantitative estimate of drug-likeness (QED) is 0.733. The Morgan fingerprint density at radius 1 is 1.18 bits per heavy atom. The van der Waals surface area contributed by atoms with E-state index in [-0.39, 0.29) is 17.7 Å². The van der Waals surface area contributed by atoms with E-state index >= 15 is 0 Å². The van der Waals surface area contributed by atoms with Crippen molar-refractivity contribution in [2.24, 2.45) is 11.7 Å². The maximum Gasteiger partial charge on any atom is 0.244 e. The van der Waals surface area contributed by atoms with E-state index in [4.69, 9.17) is 5.73 Å². The molecule has 2 amide bonds. The first-order chi connectivity index (χ1) is 7.93. The molecule has 3 N–H and O–H groups in total. The minimum absolute atomic E-state index is 0.00759. The Bertz CT molecular complexity index is 285. The van der Waals surface area contributed by atoms with Crippen LogP contribution in [-0.2, 0) is 9.59 Å². The van der Waals surface area contributed by atoms with Gasteiger partial charge in [0.25, 0.3) is 0 Å². The van der Waals surface area contributed by atoms with Gasteiger partial charge in [-0.3, -0.25) is 9.59 Å². The van der Waals surface area contributed by atoms with Crippen LogP contribution in [0.1, 0.15) is 33.6 Å². The second-order valence-corrected chi connectivity index (χ2v) is 5.03. The van der Waals surface area contributed by atoms with Crippen LogP contribution in [0.4, 0.5) is 0 Å². The van der Waals surface area contributed by atoms with Gasteiger partial charge in [-0.25, -0.2) is 0 Å². The zero-order chi connectivity index (χ0) is 13.0. The molecule has 1 aliphatic heterocycles. The molecule has 0 aromatic heterocycles. The molecule has 5 nitrogen and oxygen atoms in total. The van der Waals surface area contributed by atoms with Crippen molar-refractivity contribution in [1.29, 1.82) is 0 Å². The summed E-state index contributed by atoms with van der Waals surface area (Å²) in [5.74, 6) is -0.184. The number of nitrogens with one attached hydrogen (secondary N) is 1. The molecule has 0 radical (unpaired) electrons. The predicted molar refractivity (Wildman–Crippen MR) is 66.2 cm³/mol. The van der Waals surface area contributed by atoms with E-state index in [1.807, 2.05) is 13.8 Å². The van der Waals surface area contributed by atoms with E-state index in [0.717, 1.165) is 25.9 Å². The van der Waals surface area contributed by atoms with Crippen LogP contribution >= 0.6 is 0 Å². The summed E-state index contributed by atoms with van der Waals surface area (Å²) in [6.45, 7) is 7.09. The fourth-order valence-corrected chi connectivity index (χ4v) is 1.89. The number of carbonyl (C=O) groups is 2. The van der Waals surface area contributed by atoms with Gasteiger partial charge in [0, 0.05) is 13.1 Å². The van der Waals surface area contributed by atoms with Crippen molar-refractivity contribution in [3.05, 3.63) is 0 Å². The van der Waals surface area contributed by atoms with Gasteiger partial charge in [-0.2, -0.15) is 0 Å². The highest BCUT2D eigenvalue weighted by Crippen LogP contribution is 2.09. The molecule has 17 heavy (non-hydrogen) atoms. The summed E-state index contributed by atoms with van der Waals surface area (Å²) in [6.07, 6.45) is 2.11. The van der Waals surface area contributed by atoms with Gasteiger partial charge in [0.05, 0.1) is 6.04 Å².